The highest BCUT2D eigenvalue weighted by atomic mass is 16.6. The molecule has 3 unspecified atom stereocenters. The minimum Gasteiger partial charge on any atom is -0.462 e. The lowest BCUT2D eigenvalue weighted by Gasteiger charge is -2.30. The first-order valence-corrected chi connectivity index (χ1v) is 12.2. The third-order valence-corrected chi connectivity index (χ3v) is 6.44. The number of benzene rings is 1. The quantitative estimate of drug-likeness (QED) is 0.116. The first-order chi connectivity index (χ1) is 16.4. The number of esters is 1. The summed E-state index contributed by atoms with van der Waals surface area (Å²) in [6.45, 7) is 8.71. The number of hydrogen-bond acceptors (Lipinski definition) is 6. The number of aliphatic hydroxyl groups excluding tert-OH is 3. The molecule has 1 aromatic rings. The first-order valence-electron chi connectivity index (χ1n) is 12.2. The fraction of sp³-hybridized carbons (Fsp3) is 0.536. The summed E-state index contributed by atoms with van der Waals surface area (Å²) in [5, 5.41) is 28.2. The Morgan fingerprint density at radius 3 is 2.44 bits per heavy atom. The smallest absolute Gasteiger partial charge is 0.335 e. The van der Waals surface area contributed by atoms with E-state index < -0.39 is 18.9 Å². The maximum absolute atomic E-state index is 12.0. The van der Waals surface area contributed by atoms with E-state index in [4.69, 9.17) is 19.7 Å². The monoisotopic (exact) mass is 472 g/mol. The van der Waals surface area contributed by atoms with Crippen molar-refractivity contribution in [1.82, 2.24) is 0 Å². The van der Waals surface area contributed by atoms with Crippen molar-refractivity contribution in [2.24, 2.45) is 11.8 Å². The first kappa shape index (κ1) is 28.0. The van der Waals surface area contributed by atoms with Gasteiger partial charge >= 0.3 is 5.97 Å². The number of rotatable bonds is 15. The Hall–Kier alpha value is -2.25. The van der Waals surface area contributed by atoms with E-state index in [1.807, 2.05) is 0 Å². The summed E-state index contributed by atoms with van der Waals surface area (Å²) < 4.78 is 10.8. The van der Waals surface area contributed by atoms with Crippen molar-refractivity contribution in [1.29, 1.82) is 0 Å². The number of hydrogen-bond donors (Lipinski definition) is 3. The molecule has 0 heterocycles. The third-order valence-electron chi connectivity index (χ3n) is 6.44. The van der Waals surface area contributed by atoms with Crippen LogP contribution in [0.4, 0.5) is 0 Å². The normalized spacial score (nSPS) is 17.5. The van der Waals surface area contributed by atoms with E-state index in [0.717, 1.165) is 25.7 Å². The third kappa shape index (κ3) is 8.84. The molecular formula is C28H40O6. The molecule has 34 heavy (non-hydrogen) atoms. The molecule has 1 aliphatic carbocycles. The second-order valence-electron chi connectivity index (χ2n) is 9.04. The van der Waals surface area contributed by atoms with E-state index in [0.29, 0.717) is 0 Å². The molecule has 3 N–H and O–H groups in total. The molecule has 1 aromatic carbocycles. The van der Waals surface area contributed by atoms with Gasteiger partial charge in [0.05, 0.1) is 32.0 Å². The van der Waals surface area contributed by atoms with Crippen molar-refractivity contribution in [2.45, 2.75) is 58.2 Å². The highest BCUT2D eigenvalue weighted by molar-refractivity contribution is 5.87. The number of aliphatic hydroxyl groups is 3. The van der Waals surface area contributed by atoms with Gasteiger partial charge in [-0.3, -0.25) is 0 Å². The minimum absolute atomic E-state index is 0.00247. The highest BCUT2D eigenvalue weighted by Crippen LogP contribution is 2.35. The van der Waals surface area contributed by atoms with Gasteiger partial charge in [0.15, 0.2) is 6.29 Å². The predicted molar refractivity (Wildman–Crippen MR) is 134 cm³/mol. The van der Waals surface area contributed by atoms with Gasteiger partial charge in [-0.15, -0.1) is 0 Å². The van der Waals surface area contributed by atoms with Crippen LogP contribution < -0.4 is 0 Å². The Morgan fingerprint density at radius 2 is 1.85 bits per heavy atom. The molecule has 0 bridgehead atoms. The molecule has 0 aromatic heterocycles. The van der Waals surface area contributed by atoms with Gasteiger partial charge in [0.2, 0.25) is 0 Å². The summed E-state index contributed by atoms with van der Waals surface area (Å²) in [7, 11) is 0. The fourth-order valence-electron chi connectivity index (χ4n) is 4.09. The van der Waals surface area contributed by atoms with Crippen LogP contribution >= 0.6 is 0 Å². The Balaban J connectivity index is 2.00. The van der Waals surface area contributed by atoms with Crippen LogP contribution in [0.5, 0.6) is 0 Å². The van der Waals surface area contributed by atoms with Gasteiger partial charge in [-0.2, -0.15) is 0 Å². The van der Waals surface area contributed by atoms with Crippen LogP contribution in [0.25, 0.3) is 5.57 Å². The van der Waals surface area contributed by atoms with Crippen LogP contribution in [0.1, 0.15) is 56.6 Å². The lowest BCUT2D eigenvalue weighted by Crippen LogP contribution is -2.30. The second kappa shape index (κ2) is 14.9. The molecular weight excluding hydrogens is 432 g/mol. The van der Waals surface area contributed by atoms with Crippen molar-refractivity contribution < 1.29 is 29.6 Å². The summed E-state index contributed by atoms with van der Waals surface area (Å²) >= 11 is 0. The van der Waals surface area contributed by atoms with Gasteiger partial charge in [0.25, 0.3) is 0 Å². The van der Waals surface area contributed by atoms with E-state index in [-0.39, 0.29) is 42.8 Å². The molecule has 2 rings (SSSR count). The van der Waals surface area contributed by atoms with Crippen LogP contribution in [0.15, 0.2) is 54.6 Å². The molecule has 0 saturated carbocycles. The van der Waals surface area contributed by atoms with Crippen LogP contribution in [-0.4, -0.2) is 54.0 Å². The average molecular weight is 473 g/mol. The largest absolute Gasteiger partial charge is 0.462 e. The van der Waals surface area contributed by atoms with Crippen molar-refractivity contribution >= 4 is 11.5 Å². The number of unbranched alkanes of at least 4 members (excludes halogenated alkanes) is 2. The molecule has 0 saturated heterocycles. The average Bonchev–Trinajstić information content (AvgIpc) is 2.88. The topological polar surface area (TPSA) is 96.2 Å². The van der Waals surface area contributed by atoms with E-state index in [2.05, 4.69) is 50.4 Å². The van der Waals surface area contributed by atoms with E-state index in [1.54, 1.807) is 0 Å². The predicted octanol–water partition coefficient (Wildman–Crippen LogP) is 4.19. The number of aryl methyl sites for hydroxylation is 1. The lowest BCUT2D eigenvalue weighted by molar-refractivity contribution is -0.144. The summed E-state index contributed by atoms with van der Waals surface area (Å²) in [5.41, 5.74) is 4.10. The van der Waals surface area contributed by atoms with Gasteiger partial charge in [-0.05, 0) is 54.7 Å². The summed E-state index contributed by atoms with van der Waals surface area (Å²) in [4.78, 5) is 12.0. The van der Waals surface area contributed by atoms with E-state index in [9.17, 15) is 9.90 Å². The molecule has 6 nitrogen and oxygen atoms in total. The van der Waals surface area contributed by atoms with Crippen LogP contribution in [0, 0.1) is 11.8 Å². The van der Waals surface area contributed by atoms with Crippen molar-refractivity contribution in [3.05, 3.63) is 65.8 Å². The molecule has 0 fully saturated rings. The zero-order chi connectivity index (χ0) is 24.9. The molecule has 3 atom stereocenters. The summed E-state index contributed by atoms with van der Waals surface area (Å²) in [6.07, 6.45) is 8.39. The fourth-order valence-corrected chi connectivity index (χ4v) is 4.09. The number of allylic oxidation sites excluding steroid dienone is 2. The Bertz CT molecular complexity index is 826. The van der Waals surface area contributed by atoms with E-state index >= 15 is 0 Å². The standard InChI is InChI=1S/C28H40O6/c1-4-5-6-7-22-8-10-23(11-9-22)24-12-14-25(15-13-24)26(18-33-27(31)20(2)16-29)19-34-28(32)21(3)17-30/h8-12,25-27,29-31H,2-7,13-19H2,1H3. The minimum atomic E-state index is -1.28. The second-order valence-corrected chi connectivity index (χ2v) is 9.04. The molecule has 1 aliphatic rings. The Labute approximate surface area is 203 Å². The van der Waals surface area contributed by atoms with E-state index in [1.165, 1.54) is 36.0 Å². The zero-order valence-electron chi connectivity index (χ0n) is 20.4. The van der Waals surface area contributed by atoms with Crippen LogP contribution in [0.3, 0.4) is 0 Å². The molecule has 6 heteroatoms. The lowest BCUT2D eigenvalue weighted by atomic mass is 9.79. The van der Waals surface area contributed by atoms with Crippen LogP contribution in [-0.2, 0) is 20.7 Å². The van der Waals surface area contributed by atoms with Crippen LogP contribution in [0.2, 0.25) is 0 Å². The SMILES string of the molecule is C=C(CO)C(=O)OCC(COC(O)C(=C)CO)C1CC=C(c2ccc(CCCCC)cc2)CC1. The molecule has 188 valence electrons. The zero-order valence-corrected chi connectivity index (χ0v) is 20.4. The van der Waals surface area contributed by atoms with Crippen molar-refractivity contribution in [2.75, 3.05) is 26.4 Å². The van der Waals surface area contributed by atoms with Gasteiger partial charge < -0.3 is 24.8 Å². The van der Waals surface area contributed by atoms with Crippen molar-refractivity contribution in [3.8, 4) is 0 Å². The molecule has 0 spiro atoms. The Kier molecular flexibility index (Phi) is 12.3. The maximum atomic E-state index is 12.0. The van der Waals surface area contributed by atoms with Gasteiger partial charge in [-0.1, -0.05) is 63.3 Å². The number of ether oxygens (including phenoxy) is 2. The number of carbonyl (C=O) groups excluding carboxylic acids is 1. The Morgan fingerprint density at radius 1 is 1.12 bits per heavy atom. The van der Waals surface area contributed by atoms with Gasteiger partial charge in [0, 0.05) is 11.5 Å². The van der Waals surface area contributed by atoms with Gasteiger partial charge in [-0.25, -0.2) is 4.79 Å². The molecule has 0 aliphatic heterocycles. The molecule has 0 amide bonds. The van der Waals surface area contributed by atoms with Crippen molar-refractivity contribution in [3.63, 3.8) is 0 Å². The highest BCUT2D eigenvalue weighted by Gasteiger charge is 2.27. The molecule has 0 radical (unpaired) electrons. The van der Waals surface area contributed by atoms with Gasteiger partial charge in [0.1, 0.15) is 0 Å². The maximum Gasteiger partial charge on any atom is 0.335 e. The summed E-state index contributed by atoms with van der Waals surface area (Å²) in [5.74, 6) is -0.601. The number of carbonyl (C=O) groups is 1. The summed E-state index contributed by atoms with van der Waals surface area (Å²) in [6, 6.07) is 8.84.